The average Bonchev–Trinajstić information content (AvgIpc) is 3.44. The molecule has 2 amide bonds. The van der Waals surface area contributed by atoms with Gasteiger partial charge in [0, 0.05) is 49.6 Å². The van der Waals surface area contributed by atoms with Crippen LogP contribution in [0.5, 0.6) is 0 Å². The van der Waals surface area contributed by atoms with E-state index in [2.05, 4.69) is 21.2 Å². The highest BCUT2D eigenvalue weighted by Gasteiger charge is 2.41. The van der Waals surface area contributed by atoms with Crippen molar-refractivity contribution in [3.8, 4) is 11.4 Å². The SMILES string of the molecule is C=C(/C=C\C=C/C)[C@H]1CN(C(C)=O)CCC1N1Cc2ccc(-c3noc(C(F)(F)F)n3)cc2C1=O. The Labute approximate surface area is 200 Å². The average molecular weight is 486 g/mol. The van der Waals surface area contributed by atoms with E-state index in [1.807, 2.05) is 31.2 Å². The van der Waals surface area contributed by atoms with Gasteiger partial charge in [0.05, 0.1) is 0 Å². The topological polar surface area (TPSA) is 79.5 Å². The van der Waals surface area contributed by atoms with E-state index in [1.165, 1.54) is 13.0 Å². The van der Waals surface area contributed by atoms with E-state index in [9.17, 15) is 22.8 Å². The minimum Gasteiger partial charge on any atom is -0.342 e. The van der Waals surface area contributed by atoms with E-state index in [0.29, 0.717) is 31.6 Å². The fourth-order valence-corrected chi connectivity index (χ4v) is 4.56. The second-order valence-electron chi connectivity index (χ2n) is 8.61. The number of hydrogen-bond donors (Lipinski definition) is 0. The number of amides is 2. The Morgan fingerprint density at radius 2 is 2.06 bits per heavy atom. The highest BCUT2D eigenvalue weighted by Crippen LogP contribution is 2.36. The molecule has 0 aliphatic carbocycles. The fourth-order valence-electron chi connectivity index (χ4n) is 4.56. The third-order valence-electron chi connectivity index (χ3n) is 6.38. The highest BCUT2D eigenvalue weighted by molar-refractivity contribution is 5.99. The third kappa shape index (κ3) is 4.91. The van der Waals surface area contributed by atoms with Crippen LogP contribution in [0.15, 0.2) is 59.2 Å². The van der Waals surface area contributed by atoms with Crippen LogP contribution in [0.3, 0.4) is 0 Å². The zero-order chi connectivity index (χ0) is 25.3. The molecule has 2 atom stereocenters. The maximum atomic E-state index is 13.4. The van der Waals surface area contributed by atoms with Crippen molar-refractivity contribution < 1.29 is 27.3 Å². The lowest BCUT2D eigenvalue weighted by Gasteiger charge is -2.42. The fraction of sp³-hybridized carbons (Fsp3) is 0.360. The molecule has 0 radical (unpaired) electrons. The zero-order valence-corrected chi connectivity index (χ0v) is 19.4. The predicted octanol–water partition coefficient (Wildman–Crippen LogP) is 4.64. The summed E-state index contributed by atoms with van der Waals surface area (Å²) in [4.78, 5) is 32.4. The Morgan fingerprint density at radius 3 is 2.71 bits per heavy atom. The van der Waals surface area contributed by atoms with Gasteiger partial charge in [-0.15, -0.1) is 0 Å². The number of aromatic nitrogens is 2. The van der Waals surface area contributed by atoms with Crippen LogP contribution >= 0.6 is 0 Å². The molecule has 35 heavy (non-hydrogen) atoms. The minimum absolute atomic E-state index is 0.0299. The summed E-state index contributed by atoms with van der Waals surface area (Å²) in [7, 11) is 0. The molecule has 10 heteroatoms. The molecule has 0 bridgehead atoms. The van der Waals surface area contributed by atoms with Gasteiger partial charge in [-0.1, -0.05) is 48.2 Å². The Balaban J connectivity index is 1.60. The van der Waals surface area contributed by atoms with Crippen molar-refractivity contribution in [2.24, 2.45) is 5.92 Å². The van der Waals surface area contributed by atoms with Gasteiger partial charge in [0.1, 0.15) is 0 Å². The van der Waals surface area contributed by atoms with Gasteiger partial charge in [0.15, 0.2) is 0 Å². The molecule has 1 saturated heterocycles. The normalized spacial score (nSPS) is 20.8. The monoisotopic (exact) mass is 486 g/mol. The maximum absolute atomic E-state index is 13.4. The summed E-state index contributed by atoms with van der Waals surface area (Å²) >= 11 is 0. The van der Waals surface area contributed by atoms with Gasteiger partial charge in [-0.05, 0) is 30.5 Å². The van der Waals surface area contributed by atoms with Crippen LogP contribution in [0.1, 0.15) is 42.1 Å². The summed E-state index contributed by atoms with van der Waals surface area (Å²) in [5, 5.41) is 3.41. The van der Waals surface area contributed by atoms with Crippen molar-refractivity contribution >= 4 is 11.8 Å². The molecule has 3 heterocycles. The van der Waals surface area contributed by atoms with Gasteiger partial charge < -0.3 is 14.3 Å². The number of carbonyl (C=O) groups is 2. The molecule has 0 saturated carbocycles. The molecule has 2 aliphatic rings. The Kier molecular flexibility index (Phi) is 6.64. The zero-order valence-electron chi connectivity index (χ0n) is 19.4. The van der Waals surface area contributed by atoms with E-state index < -0.39 is 12.1 Å². The van der Waals surface area contributed by atoms with Gasteiger partial charge in [0.2, 0.25) is 11.7 Å². The first kappa shape index (κ1) is 24.4. The molecule has 0 spiro atoms. The number of fused-ring (bicyclic) bond motifs is 1. The summed E-state index contributed by atoms with van der Waals surface area (Å²) in [6, 6.07) is 4.60. The van der Waals surface area contributed by atoms with Gasteiger partial charge in [0.25, 0.3) is 5.91 Å². The van der Waals surface area contributed by atoms with E-state index in [0.717, 1.165) is 11.1 Å². The van der Waals surface area contributed by atoms with Crippen LogP contribution < -0.4 is 0 Å². The second kappa shape index (κ2) is 9.52. The minimum atomic E-state index is -4.75. The number of nitrogens with zero attached hydrogens (tertiary/aromatic N) is 4. The number of hydrogen-bond acceptors (Lipinski definition) is 5. The van der Waals surface area contributed by atoms with Gasteiger partial charge in [-0.25, -0.2) is 0 Å². The molecule has 0 N–H and O–H groups in total. The Bertz CT molecular complexity index is 1210. The Hall–Kier alpha value is -3.69. The van der Waals surface area contributed by atoms with Gasteiger partial charge in [-0.2, -0.15) is 18.2 Å². The molecule has 1 fully saturated rings. The summed E-state index contributed by atoms with van der Waals surface area (Å²) in [5.74, 6) is -2.08. The van der Waals surface area contributed by atoms with Crippen LogP contribution in [-0.2, 0) is 17.5 Å². The van der Waals surface area contributed by atoms with Crippen LogP contribution in [0.4, 0.5) is 13.2 Å². The molecule has 1 unspecified atom stereocenters. The first-order chi connectivity index (χ1) is 16.6. The number of likely N-dealkylation sites (tertiary alicyclic amines) is 1. The molecular weight excluding hydrogens is 461 g/mol. The molecule has 184 valence electrons. The lowest BCUT2D eigenvalue weighted by Crippen LogP contribution is -2.52. The summed E-state index contributed by atoms with van der Waals surface area (Å²) in [6.07, 6.45) is 3.38. The largest absolute Gasteiger partial charge is 0.471 e. The van der Waals surface area contributed by atoms with Gasteiger partial charge in [-0.3, -0.25) is 9.59 Å². The quantitative estimate of drug-likeness (QED) is 0.576. The van der Waals surface area contributed by atoms with Crippen molar-refractivity contribution in [1.82, 2.24) is 19.9 Å². The van der Waals surface area contributed by atoms with Crippen LogP contribution in [0, 0.1) is 5.92 Å². The number of allylic oxidation sites excluding steroid dienone is 4. The van der Waals surface area contributed by atoms with E-state index >= 15 is 0 Å². The summed E-state index contributed by atoms with van der Waals surface area (Å²) in [6.45, 7) is 8.97. The third-order valence-corrected chi connectivity index (χ3v) is 6.38. The molecule has 1 aromatic carbocycles. The molecular formula is C25H25F3N4O3. The van der Waals surface area contributed by atoms with Crippen molar-refractivity contribution in [3.05, 3.63) is 71.7 Å². The maximum Gasteiger partial charge on any atom is 0.471 e. The molecule has 1 aromatic heterocycles. The predicted molar refractivity (Wildman–Crippen MR) is 122 cm³/mol. The second-order valence-corrected chi connectivity index (χ2v) is 8.61. The number of alkyl halides is 3. The number of benzene rings is 1. The van der Waals surface area contributed by atoms with Crippen LogP contribution in [0.2, 0.25) is 0 Å². The number of halogens is 3. The molecule has 2 aromatic rings. The van der Waals surface area contributed by atoms with Gasteiger partial charge >= 0.3 is 12.1 Å². The summed E-state index contributed by atoms with van der Waals surface area (Å²) < 4.78 is 42.8. The highest BCUT2D eigenvalue weighted by atomic mass is 19.4. The van der Waals surface area contributed by atoms with E-state index in [1.54, 1.807) is 21.9 Å². The number of carbonyl (C=O) groups excluding carboxylic acids is 2. The molecule has 2 aliphatic heterocycles. The van der Waals surface area contributed by atoms with Crippen molar-refractivity contribution in [3.63, 3.8) is 0 Å². The number of piperidine rings is 1. The Morgan fingerprint density at radius 1 is 1.29 bits per heavy atom. The van der Waals surface area contributed by atoms with Crippen molar-refractivity contribution in [1.29, 1.82) is 0 Å². The standard InChI is InChI=1S/C25H25F3N4O3/c1-4-5-6-7-15(2)20-14-31(16(3)33)11-10-21(20)32-13-18-9-8-17(12-19(18)23(32)34)22-29-24(35-30-22)25(26,27)28/h4-9,12,20-21H,2,10-11,13-14H2,1,3H3/b5-4-,7-6-/t20-,21?/m1/s1. The van der Waals surface area contributed by atoms with Crippen molar-refractivity contribution in [2.45, 2.75) is 39.0 Å². The molecule has 7 nitrogen and oxygen atoms in total. The molecule has 4 rings (SSSR count). The lowest BCUT2D eigenvalue weighted by molar-refractivity contribution is -0.159. The van der Waals surface area contributed by atoms with Crippen LogP contribution in [0.25, 0.3) is 11.4 Å². The smallest absolute Gasteiger partial charge is 0.342 e. The first-order valence-electron chi connectivity index (χ1n) is 11.2. The number of rotatable bonds is 5. The summed E-state index contributed by atoms with van der Waals surface area (Å²) in [5.41, 5.74) is 2.24. The van der Waals surface area contributed by atoms with E-state index in [-0.39, 0.29) is 35.2 Å². The van der Waals surface area contributed by atoms with Crippen molar-refractivity contribution in [2.75, 3.05) is 13.1 Å². The lowest BCUT2D eigenvalue weighted by atomic mass is 9.85. The first-order valence-corrected chi connectivity index (χ1v) is 11.2. The van der Waals surface area contributed by atoms with E-state index in [4.69, 9.17) is 0 Å². The van der Waals surface area contributed by atoms with Crippen LogP contribution in [-0.4, -0.2) is 50.9 Å².